The van der Waals surface area contributed by atoms with Crippen molar-refractivity contribution in [1.82, 2.24) is 9.55 Å². The number of imidazole rings is 1. The summed E-state index contributed by atoms with van der Waals surface area (Å²) in [6, 6.07) is 2.72. The number of rotatable bonds is 2. The van der Waals surface area contributed by atoms with Crippen LogP contribution in [0.3, 0.4) is 0 Å². The molecule has 1 heterocycles. The van der Waals surface area contributed by atoms with Crippen LogP contribution in [-0.2, 0) is 6.54 Å². The van der Waals surface area contributed by atoms with E-state index < -0.39 is 4.92 Å². The van der Waals surface area contributed by atoms with Gasteiger partial charge in [0, 0.05) is 12.6 Å². The number of H-pyrrole nitrogens is 1. The number of nitro groups is 1. The minimum atomic E-state index is -0.563. The molecule has 7 nitrogen and oxygen atoms in total. The van der Waals surface area contributed by atoms with Gasteiger partial charge in [-0.1, -0.05) is 0 Å². The molecule has 0 aliphatic rings. The van der Waals surface area contributed by atoms with Gasteiger partial charge in [-0.15, -0.1) is 0 Å². The van der Waals surface area contributed by atoms with Crippen molar-refractivity contribution in [2.24, 2.45) is 0 Å². The molecule has 16 heavy (non-hydrogen) atoms. The Morgan fingerprint density at radius 3 is 2.81 bits per heavy atom. The van der Waals surface area contributed by atoms with Gasteiger partial charge in [0.15, 0.2) is 0 Å². The van der Waals surface area contributed by atoms with Gasteiger partial charge in [-0.3, -0.25) is 14.7 Å². The Labute approximate surface area is 89.6 Å². The van der Waals surface area contributed by atoms with Crippen molar-refractivity contribution in [1.29, 1.82) is 0 Å². The summed E-state index contributed by atoms with van der Waals surface area (Å²) in [5, 5.41) is 10.7. The van der Waals surface area contributed by atoms with Crippen molar-refractivity contribution in [2.75, 3.05) is 5.73 Å². The van der Waals surface area contributed by atoms with Gasteiger partial charge < -0.3 is 10.7 Å². The van der Waals surface area contributed by atoms with Crippen molar-refractivity contribution in [3.8, 4) is 0 Å². The monoisotopic (exact) mass is 222 g/mol. The highest BCUT2D eigenvalue weighted by Gasteiger charge is 2.15. The molecule has 84 valence electrons. The SMILES string of the molecule is CCn1c(=O)[nH]c2cc(N)c([N+](=O)[O-])cc21. The maximum absolute atomic E-state index is 11.5. The Morgan fingerprint density at radius 2 is 2.25 bits per heavy atom. The highest BCUT2D eigenvalue weighted by Crippen LogP contribution is 2.26. The number of nitrogens with one attached hydrogen (secondary N) is 1. The molecule has 0 saturated heterocycles. The molecule has 0 aliphatic carbocycles. The first kappa shape index (κ1) is 10.2. The van der Waals surface area contributed by atoms with Crippen molar-refractivity contribution in [2.45, 2.75) is 13.5 Å². The fourth-order valence-electron chi connectivity index (χ4n) is 1.68. The molecule has 7 heteroatoms. The van der Waals surface area contributed by atoms with Gasteiger partial charge in [-0.25, -0.2) is 4.79 Å². The first-order valence-electron chi connectivity index (χ1n) is 4.71. The number of fused-ring (bicyclic) bond motifs is 1. The van der Waals surface area contributed by atoms with Crippen LogP contribution in [0.5, 0.6) is 0 Å². The van der Waals surface area contributed by atoms with E-state index in [0.717, 1.165) is 0 Å². The van der Waals surface area contributed by atoms with Crippen molar-refractivity contribution >= 4 is 22.4 Å². The van der Waals surface area contributed by atoms with Crippen LogP contribution < -0.4 is 11.4 Å². The van der Waals surface area contributed by atoms with Crippen LogP contribution in [0, 0.1) is 10.1 Å². The minimum Gasteiger partial charge on any atom is -0.393 e. The van der Waals surface area contributed by atoms with Gasteiger partial charge in [0.1, 0.15) is 5.69 Å². The van der Waals surface area contributed by atoms with Crippen LogP contribution in [0.4, 0.5) is 11.4 Å². The number of hydrogen-bond donors (Lipinski definition) is 2. The Balaban J connectivity index is 2.86. The molecule has 0 atom stereocenters. The zero-order chi connectivity index (χ0) is 11.9. The van der Waals surface area contributed by atoms with E-state index >= 15 is 0 Å². The third-order valence-corrected chi connectivity index (χ3v) is 2.44. The summed E-state index contributed by atoms with van der Waals surface area (Å²) >= 11 is 0. The molecule has 0 aliphatic heterocycles. The molecule has 2 aromatic rings. The average molecular weight is 222 g/mol. The topological polar surface area (TPSA) is 107 Å². The van der Waals surface area contributed by atoms with Crippen LogP contribution in [0.2, 0.25) is 0 Å². The first-order valence-corrected chi connectivity index (χ1v) is 4.71. The van der Waals surface area contributed by atoms with Gasteiger partial charge in [-0.05, 0) is 13.0 Å². The molecule has 0 amide bonds. The molecule has 3 N–H and O–H groups in total. The number of nitrogen functional groups attached to an aromatic ring is 1. The van der Waals surface area contributed by atoms with Crippen molar-refractivity contribution in [3.05, 3.63) is 32.7 Å². The highest BCUT2D eigenvalue weighted by molar-refractivity contribution is 5.84. The number of aromatic amines is 1. The Hall–Kier alpha value is -2.31. The number of anilines is 1. The molecular weight excluding hydrogens is 212 g/mol. The lowest BCUT2D eigenvalue weighted by atomic mass is 10.2. The second-order valence-electron chi connectivity index (χ2n) is 3.36. The molecular formula is C9H10N4O3. The lowest BCUT2D eigenvalue weighted by Gasteiger charge is -2.00. The number of hydrogen-bond acceptors (Lipinski definition) is 4. The highest BCUT2D eigenvalue weighted by atomic mass is 16.6. The van der Waals surface area contributed by atoms with Gasteiger partial charge in [0.2, 0.25) is 0 Å². The zero-order valence-corrected chi connectivity index (χ0v) is 8.56. The lowest BCUT2D eigenvalue weighted by Crippen LogP contribution is -2.14. The molecule has 0 bridgehead atoms. The van der Waals surface area contributed by atoms with E-state index in [0.29, 0.717) is 17.6 Å². The summed E-state index contributed by atoms with van der Waals surface area (Å²) in [4.78, 5) is 24.2. The van der Waals surface area contributed by atoms with Crippen LogP contribution in [0.15, 0.2) is 16.9 Å². The lowest BCUT2D eigenvalue weighted by molar-refractivity contribution is -0.383. The van der Waals surface area contributed by atoms with Gasteiger partial charge in [-0.2, -0.15) is 0 Å². The number of nitrogens with zero attached hydrogens (tertiary/aromatic N) is 2. The summed E-state index contributed by atoms with van der Waals surface area (Å²) < 4.78 is 1.42. The summed E-state index contributed by atoms with van der Waals surface area (Å²) in [5.74, 6) is 0. The van der Waals surface area contributed by atoms with Crippen molar-refractivity contribution < 1.29 is 4.92 Å². The molecule has 2 rings (SSSR count). The molecule has 0 radical (unpaired) electrons. The summed E-state index contributed by atoms with van der Waals surface area (Å²) in [7, 11) is 0. The fourth-order valence-corrected chi connectivity index (χ4v) is 1.68. The Kier molecular flexibility index (Phi) is 2.15. The molecule has 0 fully saturated rings. The number of nitrogens with two attached hydrogens (primary N) is 1. The molecule has 0 saturated carbocycles. The number of benzene rings is 1. The summed E-state index contributed by atoms with van der Waals surface area (Å²) in [5.41, 5.74) is 6.08. The van der Waals surface area contributed by atoms with E-state index in [1.165, 1.54) is 16.7 Å². The fraction of sp³-hybridized carbons (Fsp3) is 0.222. The third kappa shape index (κ3) is 1.33. The maximum atomic E-state index is 11.5. The van der Waals surface area contributed by atoms with E-state index in [-0.39, 0.29) is 17.1 Å². The van der Waals surface area contributed by atoms with Crippen LogP contribution >= 0.6 is 0 Å². The van der Waals surface area contributed by atoms with E-state index in [2.05, 4.69) is 4.98 Å². The second-order valence-corrected chi connectivity index (χ2v) is 3.36. The van der Waals surface area contributed by atoms with Crippen molar-refractivity contribution in [3.63, 3.8) is 0 Å². The quantitative estimate of drug-likeness (QED) is 0.446. The van der Waals surface area contributed by atoms with E-state index in [1.54, 1.807) is 6.92 Å². The third-order valence-electron chi connectivity index (χ3n) is 2.44. The largest absolute Gasteiger partial charge is 0.393 e. The summed E-state index contributed by atoms with van der Waals surface area (Å²) in [6.45, 7) is 2.23. The zero-order valence-electron chi connectivity index (χ0n) is 8.56. The van der Waals surface area contributed by atoms with Crippen LogP contribution in [0.25, 0.3) is 11.0 Å². The van der Waals surface area contributed by atoms with Gasteiger partial charge in [0.05, 0.1) is 16.0 Å². The minimum absolute atomic E-state index is 0.0435. The number of nitro benzene ring substituents is 1. The smallest absolute Gasteiger partial charge is 0.326 e. The van der Waals surface area contributed by atoms with Crippen LogP contribution in [0.1, 0.15) is 6.92 Å². The molecule has 0 spiro atoms. The normalized spacial score (nSPS) is 10.8. The maximum Gasteiger partial charge on any atom is 0.326 e. The second kappa shape index (κ2) is 3.37. The predicted molar refractivity (Wildman–Crippen MR) is 59.3 cm³/mol. The molecule has 1 aromatic carbocycles. The molecule has 0 unspecified atom stereocenters. The Morgan fingerprint density at radius 1 is 1.56 bits per heavy atom. The van der Waals surface area contributed by atoms with Crippen LogP contribution in [-0.4, -0.2) is 14.5 Å². The number of aryl methyl sites for hydroxylation is 1. The summed E-state index contributed by atoms with van der Waals surface area (Å²) in [6.07, 6.45) is 0. The standard InChI is InChI=1S/C9H10N4O3/c1-2-12-8-4-7(13(15)16)5(10)3-6(8)11-9(12)14/h3-4H,2,10H2,1H3,(H,11,14). The van der Waals surface area contributed by atoms with E-state index in [9.17, 15) is 14.9 Å². The van der Waals surface area contributed by atoms with E-state index in [4.69, 9.17) is 5.73 Å². The first-order chi connectivity index (χ1) is 7.54. The average Bonchev–Trinajstić information content (AvgIpc) is 2.50. The Bertz CT molecular complexity index is 625. The van der Waals surface area contributed by atoms with Gasteiger partial charge >= 0.3 is 5.69 Å². The predicted octanol–water partition coefficient (Wildman–Crippen LogP) is 0.840. The van der Waals surface area contributed by atoms with Gasteiger partial charge in [0.25, 0.3) is 5.69 Å². The van der Waals surface area contributed by atoms with E-state index in [1.807, 2.05) is 0 Å². The number of aromatic nitrogens is 2. The molecule has 1 aromatic heterocycles.